The zero-order valence-electron chi connectivity index (χ0n) is 23.0. The number of carbonyl (C=O) groups is 2. The maximum Gasteiger partial charge on any atom is 0.242 e. The Bertz CT molecular complexity index is 1490. The number of hydrogen-bond acceptors (Lipinski definition) is 5. The van der Waals surface area contributed by atoms with E-state index < -0.39 is 6.23 Å². The van der Waals surface area contributed by atoms with Crippen LogP contribution in [-0.4, -0.2) is 69.3 Å². The summed E-state index contributed by atoms with van der Waals surface area (Å²) in [5.74, 6) is -0.270. The van der Waals surface area contributed by atoms with E-state index in [1.807, 2.05) is 31.3 Å². The van der Waals surface area contributed by atoms with E-state index in [2.05, 4.69) is 35.7 Å². The van der Waals surface area contributed by atoms with E-state index in [1.165, 1.54) is 6.92 Å². The van der Waals surface area contributed by atoms with E-state index in [4.69, 9.17) is 27.9 Å². The standard InChI is InChI=1S/C31H31Cl2N5O3/c1-21(39)35-29-20-38(15-16-41-29)19-28(25-10-6-9-24(31(25)38)22-7-4-3-5-8-22)36(2)30(40)18-37(14-13-34)23-11-12-26(32)27(33)17-23/h3-12,17,28-29H,14-16,18-20H2,1-2H3/p+1. The van der Waals surface area contributed by atoms with Crippen LogP contribution in [0.1, 0.15) is 18.5 Å². The second-order valence-electron chi connectivity index (χ2n) is 10.5. The van der Waals surface area contributed by atoms with Gasteiger partial charge < -0.3 is 19.9 Å². The number of para-hydroxylation sites is 1. The molecule has 3 atom stereocenters. The minimum absolute atomic E-state index is 0.00383. The fourth-order valence-corrected chi connectivity index (χ4v) is 6.32. The van der Waals surface area contributed by atoms with Gasteiger partial charge in [0.1, 0.15) is 37.9 Å². The minimum Gasteiger partial charge on any atom is -0.349 e. The lowest BCUT2D eigenvalue weighted by atomic mass is 9.97. The fourth-order valence-electron chi connectivity index (χ4n) is 6.03. The molecule has 1 N–H and O–H groups in total. The molecule has 2 heterocycles. The topological polar surface area (TPSA) is 85.7 Å². The summed E-state index contributed by atoms with van der Waals surface area (Å²) in [6, 6.07) is 23.5. The highest BCUT2D eigenvalue weighted by Crippen LogP contribution is 2.49. The molecule has 2 aliphatic rings. The molecule has 41 heavy (non-hydrogen) atoms. The van der Waals surface area contributed by atoms with E-state index in [1.54, 1.807) is 28.0 Å². The molecule has 2 amide bonds. The van der Waals surface area contributed by atoms with Crippen molar-refractivity contribution in [3.8, 4) is 17.2 Å². The Balaban J connectivity index is 1.50. The number of benzene rings is 3. The van der Waals surface area contributed by atoms with Crippen LogP contribution in [0.2, 0.25) is 10.0 Å². The highest BCUT2D eigenvalue weighted by molar-refractivity contribution is 6.42. The van der Waals surface area contributed by atoms with Crippen LogP contribution in [-0.2, 0) is 14.3 Å². The van der Waals surface area contributed by atoms with E-state index in [-0.39, 0.29) is 30.9 Å². The van der Waals surface area contributed by atoms with Crippen LogP contribution in [0.25, 0.3) is 11.1 Å². The first-order chi connectivity index (χ1) is 19.7. The van der Waals surface area contributed by atoms with Crippen LogP contribution in [0, 0.1) is 11.3 Å². The third kappa shape index (κ3) is 5.90. The van der Waals surface area contributed by atoms with Crippen molar-refractivity contribution >= 4 is 46.4 Å². The number of carbonyl (C=O) groups excluding carboxylic acids is 2. The molecule has 0 bridgehead atoms. The Labute approximate surface area is 250 Å². The lowest BCUT2D eigenvalue weighted by Crippen LogP contribution is -2.63. The zero-order valence-corrected chi connectivity index (χ0v) is 24.5. The average Bonchev–Trinajstić information content (AvgIpc) is 3.27. The first kappa shape index (κ1) is 28.9. The van der Waals surface area contributed by atoms with Crippen LogP contribution >= 0.6 is 23.2 Å². The first-order valence-corrected chi connectivity index (χ1v) is 14.2. The number of nitriles is 1. The number of rotatable bonds is 7. The Kier molecular flexibility index (Phi) is 8.52. The molecule has 0 aromatic heterocycles. The molecule has 2 aliphatic heterocycles. The Hall–Kier alpha value is -3.61. The molecule has 1 saturated heterocycles. The maximum absolute atomic E-state index is 13.8. The van der Waals surface area contributed by atoms with Crippen molar-refractivity contribution in [3.05, 3.63) is 82.3 Å². The Morgan fingerprint density at radius 2 is 1.85 bits per heavy atom. The predicted octanol–water partition coefficient (Wildman–Crippen LogP) is 5.00. The highest BCUT2D eigenvalue weighted by atomic mass is 35.5. The highest BCUT2D eigenvalue weighted by Gasteiger charge is 2.51. The number of amides is 2. The van der Waals surface area contributed by atoms with E-state index >= 15 is 0 Å². The smallest absolute Gasteiger partial charge is 0.242 e. The number of quaternary nitrogens is 1. The number of morpholine rings is 1. The summed E-state index contributed by atoms with van der Waals surface area (Å²) in [6.45, 7) is 3.91. The lowest BCUT2D eigenvalue weighted by molar-refractivity contribution is -0.131. The number of fused-ring (bicyclic) bond motifs is 2. The number of halogens is 2. The fraction of sp³-hybridized carbons (Fsp3) is 0.323. The van der Waals surface area contributed by atoms with Gasteiger partial charge in [-0.25, -0.2) is 0 Å². The Morgan fingerprint density at radius 3 is 2.56 bits per heavy atom. The van der Waals surface area contributed by atoms with Crippen LogP contribution in [0.3, 0.4) is 0 Å². The molecule has 3 aromatic rings. The molecular weight excluding hydrogens is 561 g/mol. The molecule has 3 aromatic carbocycles. The molecule has 1 spiro atoms. The normalized spacial score (nSPS) is 21.1. The van der Waals surface area contributed by atoms with Crippen molar-refractivity contribution in [2.45, 2.75) is 19.2 Å². The lowest BCUT2D eigenvalue weighted by Gasteiger charge is -2.42. The van der Waals surface area contributed by atoms with Gasteiger partial charge in [0.05, 0.1) is 29.3 Å². The van der Waals surface area contributed by atoms with E-state index in [0.29, 0.717) is 39.9 Å². The molecular formula is C31H32Cl2N5O3+. The third-order valence-corrected chi connectivity index (χ3v) is 8.68. The quantitative estimate of drug-likeness (QED) is 0.308. The van der Waals surface area contributed by atoms with Crippen LogP contribution in [0.5, 0.6) is 0 Å². The van der Waals surface area contributed by atoms with Gasteiger partial charge in [-0.3, -0.25) is 14.1 Å². The van der Waals surface area contributed by atoms with Crippen molar-refractivity contribution in [2.24, 2.45) is 0 Å². The van der Waals surface area contributed by atoms with Crippen LogP contribution in [0.15, 0.2) is 66.7 Å². The molecule has 0 aliphatic carbocycles. The van der Waals surface area contributed by atoms with Crippen molar-refractivity contribution in [3.63, 3.8) is 0 Å². The van der Waals surface area contributed by atoms with Gasteiger partial charge >= 0.3 is 0 Å². The molecule has 8 nitrogen and oxygen atoms in total. The van der Waals surface area contributed by atoms with Crippen molar-refractivity contribution in [2.75, 3.05) is 51.3 Å². The predicted molar refractivity (Wildman–Crippen MR) is 162 cm³/mol. The number of nitrogens with one attached hydrogen (secondary N) is 1. The maximum atomic E-state index is 13.8. The monoisotopic (exact) mass is 592 g/mol. The molecule has 10 heteroatoms. The molecule has 1 fully saturated rings. The minimum atomic E-state index is -0.432. The van der Waals surface area contributed by atoms with Crippen LogP contribution < -0.4 is 14.7 Å². The summed E-state index contributed by atoms with van der Waals surface area (Å²) in [6.07, 6.45) is -0.432. The summed E-state index contributed by atoms with van der Waals surface area (Å²) in [7, 11) is 1.82. The Morgan fingerprint density at radius 1 is 1.07 bits per heavy atom. The second-order valence-corrected chi connectivity index (χ2v) is 11.4. The van der Waals surface area contributed by atoms with Crippen LogP contribution in [0.4, 0.5) is 11.4 Å². The van der Waals surface area contributed by atoms with Gasteiger partial charge in [-0.15, -0.1) is 0 Å². The van der Waals surface area contributed by atoms with E-state index in [0.717, 1.165) is 28.9 Å². The molecule has 0 radical (unpaired) electrons. The summed E-state index contributed by atoms with van der Waals surface area (Å²) in [5.41, 5.74) is 5.08. The third-order valence-electron chi connectivity index (χ3n) is 7.94. The largest absolute Gasteiger partial charge is 0.349 e. The van der Waals surface area contributed by atoms with E-state index in [9.17, 15) is 14.9 Å². The molecule has 212 valence electrons. The molecule has 0 saturated carbocycles. The van der Waals surface area contributed by atoms with Gasteiger partial charge in [-0.2, -0.15) is 5.26 Å². The second kappa shape index (κ2) is 12.1. The van der Waals surface area contributed by atoms with Crippen molar-refractivity contribution < 1.29 is 14.3 Å². The number of hydrogen-bond donors (Lipinski definition) is 1. The number of ether oxygens (including phenoxy) is 1. The SMILES string of the molecule is CC(=O)NC1C[N+]2(CCO1)CC(N(C)C(=O)CN(CC#N)c1ccc(Cl)c(Cl)c1)c1cccc(-c3ccccc3)c12. The van der Waals surface area contributed by atoms with Gasteiger partial charge in [0.15, 0.2) is 6.23 Å². The van der Waals surface area contributed by atoms with Crippen molar-refractivity contribution in [1.29, 1.82) is 5.26 Å². The summed E-state index contributed by atoms with van der Waals surface area (Å²) in [4.78, 5) is 29.2. The summed E-state index contributed by atoms with van der Waals surface area (Å²) in [5, 5.41) is 13.2. The van der Waals surface area contributed by atoms with Gasteiger partial charge in [-0.05, 0) is 29.8 Å². The first-order valence-electron chi connectivity index (χ1n) is 13.5. The van der Waals surface area contributed by atoms with Gasteiger partial charge in [-0.1, -0.05) is 65.7 Å². The molecule has 5 rings (SSSR count). The summed E-state index contributed by atoms with van der Waals surface area (Å²) >= 11 is 12.3. The van der Waals surface area contributed by atoms with Gasteiger partial charge in [0, 0.05) is 30.8 Å². The van der Waals surface area contributed by atoms with Gasteiger partial charge in [0.2, 0.25) is 11.8 Å². The number of anilines is 1. The van der Waals surface area contributed by atoms with Gasteiger partial charge in [0.25, 0.3) is 0 Å². The zero-order chi connectivity index (χ0) is 29.1. The number of likely N-dealkylation sites (N-methyl/N-ethyl adjacent to an activating group) is 1. The molecule has 3 unspecified atom stereocenters. The number of nitrogens with zero attached hydrogens (tertiary/aromatic N) is 4. The average molecular weight is 594 g/mol. The summed E-state index contributed by atoms with van der Waals surface area (Å²) < 4.78 is 6.53. The van der Waals surface area contributed by atoms with Crippen molar-refractivity contribution in [1.82, 2.24) is 14.7 Å².